The Labute approximate surface area is 319 Å². The first-order valence-electron chi connectivity index (χ1n) is 18.4. The molecule has 0 atom stereocenters. The number of thiophene rings is 1. The van der Waals surface area contributed by atoms with Gasteiger partial charge in [0.25, 0.3) is 0 Å². The molecular formula is C52H35NS. The average molecular weight is 706 g/mol. The zero-order valence-corrected chi connectivity index (χ0v) is 30.4. The number of nitrogens with zero attached hydrogens (tertiary/aromatic N) is 1. The van der Waals surface area contributed by atoms with Crippen molar-refractivity contribution in [1.29, 1.82) is 0 Å². The Balaban J connectivity index is 1.10. The van der Waals surface area contributed by atoms with Crippen LogP contribution in [-0.4, -0.2) is 0 Å². The van der Waals surface area contributed by atoms with Crippen molar-refractivity contribution >= 4 is 59.3 Å². The van der Waals surface area contributed by atoms with Gasteiger partial charge in [-0.25, -0.2) is 0 Å². The Bertz CT molecular complexity index is 2910. The number of rotatable bonds is 7. The first-order chi connectivity index (χ1) is 26.8. The molecule has 0 aliphatic rings. The van der Waals surface area contributed by atoms with Gasteiger partial charge >= 0.3 is 0 Å². The van der Waals surface area contributed by atoms with Crippen LogP contribution in [-0.2, 0) is 0 Å². The third-order valence-electron chi connectivity index (χ3n) is 10.5. The monoisotopic (exact) mass is 705 g/mol. The molecule has 0 N–H and O–H groups in total. The van der Waals surface area contributed by atoms with Crippen molar-refractivity contribution in [3.8, 4) is 44.5 Å². The van der Waals surface area contributed by atoms with Gasteiger partial charge < -0.3 is 4.90 Å². The molecule has 0 amide bonds. The van der Waals surface area contributed by atoms with E-state index in [4.69, 9.17) is 0 Å². The average Bonchev–Trinajstić information content (AvgIpc) is 3.64. The molecule has 0 unspecified atom stereocenters. The van der Waals surface area contributed by atoms with Crippen molar-refractivity contribution in [3.05, 3.63) is 212 Å². The summed E-state index contributed by atoms with van der Waals surface area (Å²) in [5, 5.41) is 5.07. The van der Waals surface area contributed by atoms with Crippen LogP contribution in [0.3, 0.4) is 0 Å². The van der Waals surface area contributed by atoms with E-state index in [9.17, 15) is 0 Å². The standard InChI is InChI=1S/C52H35NS/c1-3-13-36(14-4-1)37-25-27-38(28-26-37)41-18-11-19-45(34-41)53(49-22-12-24-51-52(49)47-21-9-10-23-50(47)54-51)44-31-29-39(30-32-44)43-33-42-17-7-8-20-46(42)48(35-43)40-15-5-2-6-16-40/h1-35H. The van der Waals surface area contributed by atoms with Gasteiger partial charge in [-0.2, -0.15) is 0 Å². The fraction of sp³-hybridized carbons (Fsp3) is 0. The lowest BCUT2D eigenvalue weighted by atomic mass is 9.93. The van der Waals surface area contributed by atoms with Gasteiger partial charge in [-0.1, -0.05) is 158 Å². The lowest BCUT2D eigenvalue weighted by Crippen LogP contribution is -2.10. The zero-order valence-electron chi connectivity index (χ0n) is 29.6. The minimum atomic E-state index is 1.11. The fourth-order valence-electron chi connectivity index (χ4n) is 7.82. The van der Waals surface area contributed by atoms with Crippen molar-refractivity contribution in [2.24, 2.45) is 0 Å². The molecule has 0 aliphatic heterocycles. The second-order valence-electron chi connectivity index (χ2n) is 13.7. The smallest absolute Gasteiger partial charge is 0.0554 e. The summed E-state index contributed by atoms with van der Waals surface area (Å²) in [6, 6.07) is 77.1. The van der Waals surface area contributed by atoms with Gasteiger partial charge in [-0.15, -0.1) is 11.3 Å². The van der Waals surface area contributed by atoms with Crippen LogP contribution in [0.25, 0.3) is 75.5 Å². The maximum Gasteiger partial charge on any atom is 0.0554 e. The molecule has 1 nitrogen and oxygen atoms in total. The molecule has 2 heteroatoms. The Kier molecular flexibility index (Phi) is 8.09. The second-order valence-corrected chi connectivity index (χ2v) is 14.8. The van der Waals surface area contributed by atoms with Gasteiger partial charge in [0.05, 0.1) is 5.69 Å². The molecular weight excluding hydrogens is 671 g/mol. The van der Waals surface area contributed by atoms with E-state index >= 15 is 0 Å². The van der Waals surface area contributed by atoms with Gasteiger partial charge in [0.2, 0.25) is 0 Å². The van der Waals surface area contributed by atoms with Crippen LogP contribution in [0, 0.1) is 0 Å². The largest absolute Gasteiger partial charge is 0.310 e. The van der Waals surface area contributed by atoms with Crippen LogP contribution >= 0.6 is 11.3 Å². The molecule has 1 heterocycles. The maximum absolute atomic E-state index is 2.43. The van der Waals surface area contributed by atoms with Crippen LogP contribution in [0.4, 0.5) is 17.1 Å². The first-order valence-corrected chi connectivity index (χ1v) is 19.2. The molecule has 54 heavy (non-hydrogen) atoms. The van der Waals surface area contributed by atoms with E-state index < -0.39 is 0 Å². The maximum atomic E-state index is 2.43. The van der Waals surface area contributed by atoms with E-state index in [1.807, 2.05) is 11.3 Å². The predicted octanol–water partition coefficient (Wildman–Crippen LogP) is 15.3. The summed E-state index contributed by atoms with van der Waals surface area (Å²) in [7, 11) is 0. The van der Waals surface area contributed by atoms with E-state index in [0.29, 0.717) is 0 Å². The van der Waals surface area contributed by atoms with Crippen molar-refractivity contribution in [3.63, 3.8) is 0 Å². The zero-order chi connectivity index (χ0) is 35.8. The fourth-order valence-corrected chi connectivity index (χ4v) is 8.94. The van der Waals surface area contributed by atoms with Gasteiger partial charge in [0.1, 0.15) is 0 Å². The number of hydrogen-bond donors (Lipinski definition) is 0. The summed E-state index contributed by atoms with van der Waals surface area (Å²) in [6.07, 6.45) is 0. The number of anilines is 3. The van der Waals surface area contributed by atoms with E-state index in [-0.39, 0.29) is 0 Å². The summed E-state index contributed by atoms with van der Waals surface area (Å²) in [5.74, 6) is 0. The quantitative estimate of drug-likeness (QED) is 0.160. The van der Waals surface area contributed by atoms with E-state index in [2.05, 4.69) is 217 Å². The highest BCUT2D eigenvalue weighted by Gasteiger charge is 2.19. The van der Waals surface area contributed by atoms with Crippen LogP contribution in [0.2, 0.25) is 0 Å². The van der Waals surface area contributed by atoms with E-state index in [1.165, 1.54) is 81.1 Å². The molecule has 0 fully saturated rings. The van der Waals surface area contributed by atoms with E-state index in [1.54, 1.807) is 0 Å². The summed E-state index contributed by atoms with van der Waals surface area (Å²) in [4.78, 5) is 2.43. The lowest BCUT2D eigenvalue weighted by Gasteiger charge is -2.27. The highest BCUT2D eigenvalue weighted by molar-refractivity contribution is 7.26. The molecule has 10 rings (SSSR count). The summed E-state index contributed by atoms with van der Waals surface area (Å²) in [5.41, 5.74) is 13.1. The van der Waals surface area contributed by atoms with Gasteiger partial charge in [-0.05, 0) is 110 Å². The molecule has 0 radical (unpaired) electrons. The SMILES string of the molecule is c1ccc(-c2ccc(-c3cccc(N(c4ccc(-c5cc(-c6ccccc6)c6ccccc6c5)cc4)c4cccc5sc6ccccc6c45)c3)cc2)cc1. The first kappa shape index (κ1) is 32.0. The highest BCUT2D eigenvalue weighted by Crippen LogP contribution is 2.46. The number of benzene rings is 9. The Morgan fingerprint density at radius 3 is 1.65 bits per heavy atom. The van der Waals surface area contributed by atoms with E-state index in [0.717, 1.165) is 11.4 Å². The molecule has 1 aromatic heterocycles. The Morgan fingerprint density at radius 1 is 0.315 bits per heavy atom. The Morgan fingerprint density at radius 2 is 0.870 bits per heavy atom. The van der Waals surface area contributed by atoms with Crippen molar-refractivity contribution < 1.29 is 0 Å². The minimum Gasteiger partial charge on any atom is -0.310 e. The van der Waals surface area contributed by atoms with Crippen LogP contribution in [0.15, 0.2) is 212 Å². The summed E-state index contributed by atoms with van der Waals surface area (Å²) in [6.45, 7) is 0. The van der Waals surface area contributed by atoms with Gasteiger partial charge in [-0.3, -0.25) is 0 Å². The van der Waals surface area contributed by atoms with Crippen LogP contribution < -0.4 is 4.90 Å². The molecule has 0 saturated heterocycles. The van der Waals surface area contributed by atoms with Crippen molar-refractivity contribution in [1.82, 2.24) is 0 Å². The lowest BCUT2D eigenvalue weighted by molar-refractivity contribution is 1.30. The highest BCUT2D eigenvalue weighted by atomic mass is 32.1. The molecule has 254 valence electrons. The molecule has 9 aromatic carbocycles. The van der Waals surface area contributed by atoms with Gasteiger partial charge in [0.15, 0.2) is 0 Å². The predicted molar refractivity (Wildman–Crippen MR) is 233 cm³/mol. The van der Waals surface area contributed by atoms with Gasteiger partial charge in [0, 0.05) is 31.5 Å². The molecule has 0 spiro atoms. The third kappa shape index (κ3) is 5.84. The normalized spacial score (nSPS) is 11.3. The van der Waals surface area contributed by atoms with Crippen molar-refractivity contribution in [2.45, 2.75) is 0 Å². The topological polar surface area (TPSA) is 3.24 Å². The second kappa shape index (κ2) is 13.7. The molecule has 0 aliphatic carbocycles. The Hall–Kier alpha value is -6.74. The summed E-state index contributed by atoms with van der Waals surface area (Å²) >= 11 is 1.86. The third-order valence-corrected chi connectivity index (χ3v) is 11.6. The summed E-state index contributed by atoms with van der Waals surface area (Å²) < 4.78 is 2.58. The molecule has 0 bridgehead atoms. The minimum absolute atomic E-state index is 1.11. The molecule has 10 aromatic rings. The van der Waals surface area contributed by atoms with Crippen molar-refractivity contribution in [2.75, 3.05) is 4.90 Å². The number of fused-ring (bicyclic) bond motifs is 4. The molecule has 0 saturated carbocycles. The van der Waals surface area contributed by atoms with Crippen LogP contribution in [0.1, 0.15) is 0 Å². The number of hydrogen-bond acceptors (Lipinski definition) is 2. The van der Waals surface area contributed by atoms with Crippen LogP contribution in [0.5, 0.6) is 0 Å².